The van der Waals surface area contributed by atoms with Gasteiger partial charge in [0, 0.05) is 32.2 Å². The van der Waals surface area contributed by atoms with Crippen LogP contribution in [0.25, 0.3) is 0 Å². The molecule has 0 saturated carbocycles. The van der Waals surface area contributed by atoms with Crippen molar-refractivity contribution in [1.29, 1.82) is 0 Å². The third-order valence-corrected chi connectivity index (χ3v) is 3.94. The lowest BCUT2D eigenvalue weighted by molar-refractivity contribution is 0.245. The van der Waals surface area contributed by atoms with Crippen LogP contribution >= 0.6 is 0 Å². The first kappa shape index (κ1) is 29.4. The number of nitrogens with zero attached hydrogens (tertiary/aromatic N) is 2. The molecule has 0 saturated heterocycles. The number of likely N-dealkylation sites (N-methyl/N-ethyl adjacent to an activating group) is 2. The molecule has 2 N–H and O–H groups in total. The molecule has 0 aliphatic heterocycles. The van der Waals surface area contributed by atoms with Gasteiger partial charge in [-0.1, -0.05) is 52.2 Å². The van der Waals surface area contributed by atoms with Crippen LogP contribution in [-0.2, 0) is 0 Å². The van der Waals surface area contributed by atoms with Crippen LogP contribution in [0.15, 0.2) is 55.2 Å². The second-order valence-corrected chi connectivity index (χ2v) is 6.97. The fourth-order valence-electron chi connectivity index (χ4n) is 2.46. The van der Waals surface area contributed by atoms with Gasteiger partial charge in [-0.3, -0.25) is 0 Å². The highest BCUT2D eigenvalue weighted by Crippen LogP contribution is 2.05. The van der Waals surface area contributed by atoms with E-state index < -0.39 is 11.6 Å². The number of halogens is 2. The van der Waals surface area contributed by atoms with E-state index in [1.165, 1.54) is 17.7 Å². The summed E-state index contributed by atoms with van der Waals surface area (Å²) >= 11 is 0. The first-order chi connectivity index (χ1) is 13.7. The standard InChI is InChI=1S/C15H29N3.C7H6F2.C2H6/c1-6-8-15(7-2)13-18(5)10-9-17(4)12-14(3)11-16;1-5-2-6(8)4-7(9)3-5;1-2/h6-8,14H,1-2,9-13,16H2,3-5H3;2-4H,1H3;1-2H3/b15-8+;;. The van der Waals surface area contributed by atoms with Gasteiger partial charge in [-0.05, 0) is 56.8 Å². The summed E-state index contributed by atoms with van der Waals surface area (Å²) in [5, 5.41) is 0. The first-order valence-corrected chi connectivity index (χ1v) is 10.2. The Morgan fingerprint density at radius 2 is 1.59 bits per heavy atom. The summed E-state index contributed by atoms with van der Waals surface area (Å²) in [7, 11) is 4.27. The third-order valence-electron chi connectivity index (χ3n) is 3.94. The van der Waals surface area contributed by atoms with E-state index in [-0.39, 0.29) is 0 Å². The number of aryl methyl sites for hydroxylation is 1. The zero-order chi connectivity index (χ0) is 22.8. The van der Waals surface area contributed by atoms with E-state index in [2.05, 4.69) is 44.0 Å². The molecule has 1 unspecified atom stereocenters. The fraction of sp³-hybridized carbons (Fsp3) is 0.500. The molecule has 1 rings (SSSR count). The molecule has 0 bridgehead atoms. The monoisotopic (exact) mass is 409 g/mol. The van der Waals surface area contributed by atoms with E-state index in [0.717, 1.165) is 38.8 Å². The van der Waals surface area contributed by atoms with E-state index in [1.54, 1.807) is 13.0 Å². The predicted molar refractivity (Wildman–Crippen MR) is 124 cm³/mol. The molecule has 0 amide bonds. The van der Waals surface area contributed by atoms with E-state index in [4.69, 9.17) is 5.73 Å². The van der Waals surface area contributed by atoms with Gasteiger partial charge in [0.05, 0.1) is 0 Å². The fourth-order valence-corrected chi connectivity index (χ4v) is 2.46. The maximum absolute atomic E-state index is 12.2. The average molecular weight is 410 g/mol. The third kappa shape index (κ3) is 16.8. The van der Waals surface area contributed by atoms with Crippen molar-refractivity contribution in [3.8, 4) is 0 Å². The van der Waals surface area contributed by atoms with Crippen molar-refractivity contribution in [3.05, 3.63) is 72.4 Å². The summed E-state index contributed by atoms with van der Waals surface area (Å²) in [5.74, 6) is -0.482. The van der Waals surface area contributed by atoms with Gasteiger partial charge < -0.3 is 15.5 Å². The van der Waals surface area contributed by atoms with Gasteiger partial charge in [0.2, 0.25) is 0 Å². The summed E-state index contributed by atoms with van der Waals surface area (Å²) in [5.41, 5.74) is 7.43. The van der Waals surface area contributed by atoms with Crippen molar-refractivity contribution in [1.82, 2.24) is 9.80 Å². The van der Waals surface area contributed by atoms with E-state index >= 15 is 0 Å². The molecule has 0 aromatic heterocycles. The Bertz CT molecular complexity index is 549. The zero-order valence-corrected chi connectivity index (χ0v) is 19.2. The van der Waals surface area contributed by atoms with Crippen molar-refractivity contribution in [3.63, 3.8) is 0 Å². The van der Waals surface area contributed by atoms with Gasteiger partial charge >= 0.3 is 0 Å². The van der Waals surface area contributed by atoms with Crippen LogP contribution < -0.4 is 5.73 Å². The van der Waals surface area contributed by atoms with Crippen LogP contribution in [0, 0.1) is 24.5 Å². The minimum absolute atomic E-state index is 0.521. The van der Waals surface area contributed by atoms with Crippen LogP contribution in [0.5, 0.6) is 0 Å². The average Bonchev–Trinajstić information content (AvgIpc) is 2.67. The molecule has 3 nitrogen and oxygen atoms in total. The molecule has 29 heavy (non-hydrogen) atoms. The van der Waals surface area contributed by atoms with Gasteiger partial charge in [0.15, 0.2) is 0 Å². The van der Waals surface area contributed by atoms with Crippen LogP contribution in [0.1, 0.15) is 26.3 Å². The van der Waals surface area contributed by atoms with Gasteiger partial charge in [0.1, 0.15) is 11.6 Å². The quantitative estimate of drug-likeness (QED) is 0.549. The van der Waals surface area contributed by atoms with Crippen molar-refractivity contribution in [2.45, 2.75) is 27.7 Å². The molecule has 0 spiro atoms. The molecule has 1 atom stereocenters. The summed E-state index contributed by atoms with van der Waals surface area (Å²) in [6.45, 7) is 20.2. The normalized spacial score (nSPS) is 11.9. The highest BCUT2D eigenvalue weighted by atomic mass is 19.1. The number of nitrogens with two attached hydrogens (primary N) is 1. The minimum Gasteiger partial charge on any atom is -0.330 e. The molecular formula is C24H41F2N3. The maximum Gasteiger partial charge on any atom is 0.126 e. The van der Waals surface area contributed by atoms with Crippen molar-refractivity contribution < 1.29 is 8.78 Å². The molecule has 0 radical (unpaired) electrons. The van der Waals surface area contributed by atoms with Crippen LogP contribution in [-0.4, -0.2) is 56.6 Å². The van der Waals surface area contributed by atoms with Gasteiger partial charge in [-0.15, -0.1) is 0 Å². The first-order valence-electron chi connectivity index (χ1n) is 10.2. The van der Waals surface area contributed by atoms with E-state index in [0.29, 0.717) is 11.5 Å². The summed E-state index contributed by atoms with van der Waals surface area (Å²) < 4.78 is 24.4. The summed E-state index contributed by atoms with van der Waals surface area (Å²) in [6, 6.07) is 3.42. The lowest BCUT2D eigenvalue weighted by Crippen LogP contribution is -2.35. The number of hydrogen-bond acceptors (Lipinski definition) is 3. The summed E-state index contributed by atoms with van der Waals surface area (Å²) in [4.78, 5) is 4.62. The summed E-state index contributed by atoms with van der Waals surface area (Å²) in [6.07, 6.45) is 5.70. The number of allylic oxidation sites excluding steroid dienone is 2. The largest absolute Gasteiger partial charge is 0.330 e. The SMILES string of the molecule is C=C/C=C(\C=C)CN(C)CCN(C)CC(C)CN.CC.Cc1cc(F)cc(F)c1. The van der Waals surface area contributed by atoms with Gasteiger partial charge in [-0.2, -0.15) is 0 Å². The Balaban J connectivity index is 0. The van der Waals surface area contributed by atoms with Crippen LogP contribution in [0.3, 0.4) is 0 Å². The predicted octanol–water partition coefficient (Wildman–Crippen LogP) is 5.04. The van der Waals surface area contributed by atoms with Crippen LogP contribution in [0.2, 0.25) is 0 Å². The second kappa shape index (κ2) is 18.2. The van der Waals surface area contributed by atoms with E-state index in [1.807, 2.05) is 26.0 Å². The minimum atomic E-state index is -0.521. The van der Waals surface area contributed by atoms with Gasteiger partial charge in [0.25, 0.3) is 0 Å². The Labute approximate surface area is 177 Å². The molecule has 0 aliphatic carbocycles. The zero-order valence-electron chi connectivity index (χ0n) is 19.2. The number of rotatable bonds is 10. The van der Waals surface area contributed by atoms with E-state index in [9.17, 15) is 8.78 Å². The smallest absolute Gasteiger partial charge is 0.126 e. The second-order valence-electron chi connectivity index (χ2n) is 6.97. The Kier molecular flexibility index (Phi) is 18.5. The molecular weight excluding hydrogens is 368 g/mol. The lowest BCUT2D eigenvalue weighted by Gasteiger charge is -2.24. The molecule has 1 aromatic rings. The molecule has 166 valence electrons. The number of hydrogen-bond donors (Lipinski definition) is 1. The number of benzene rings is 1. The molecule has 0 heterocycles. The van der Waals surface area contributed by atoms with Crippen molar-refractivity contribution in [2.75, 3.05) is 46.8 Å². The molecule has 1 aromatic carbocycles. The maximum atomic E-state index is 12.2. The van der Waals surface area contributed by atoms with Crippen molar-refractivity contribution >= 4 is 0 Å². The Hall–Kier alpha value is -1.82. The topological polar surface area (TPSA) is 32.5 Å². The molecule has 5 heteroatoms. The Morgan fingerprint density at radius 3 is 2.00 bits per heavy atom. The molecule has 0 fully saturated rings. The highest BCUT2D eigenvalue weighted by Gasteiger charge is 2.06. The van der Waals surface area contributed by atoms with Crippen molar-refractivity contribution in [2.24, 2.45) is 11.7 Å². The Morgan fingerprint density at radius 1 is 1.07 bits per heavy atom. The van der Waals surface area contributed by atoms with Gasteiger partial charge in [-0.25, -0.2) is 8.78 Å². The molecule has 0 aliphatic rings. The lowest BCUT2D eigenvalue weighted by atomic mass is 10.2. The van der Waals surface area contributed by atoms with Crippen LogP contribution in [0.4, 0.5) is 8.78 Å². The highest BCUT2D eigenvalue weighted by molar-refractivity contribution is 5.22.